The van der Waals surface area contributed by atoms with Crippen LogP contribution in [0.2, 0.25) is 0 Å². The summed E-state index contributed by atoms with van der Waals surface area (Å²) < 4.78 is 0. The van der Waals surface area contributed by atoms with Gasteiger partial charge in [0.25, 0.3) is 0 Å². The molecule has 1 aromatic carbocycles. The number of hydrogen-bond donors (Lipinski definition) is 1. The van der Waals surface area contributed by atoms with Crippen LogP contribution in [0.3, 0.4) is 0 Å². The van der Waals surface area contributed by atoms with Crippen molar-refractivity contribution < 1.29 is 0 Å². The van der Waals surface area contributed by atoms with Crippen LogP contribution in [-0.4, -0.2) is 13.1 Å². The third-order valence-electron chi connectivity index (χ3n) is 3.54. The zero-order valence-electron chi connectivity index (χ0n) is 10.4. The molecule has 1 saturated heterocycles. The summed E-state index contributed by atoms with van der Waals surface area (Å²) in [7, 11) is 0. The zero-order valence-corrected chi connectivity index (χ0v) is 10.4. The van der Waals surface area contributed by atoms with Gasteiger partial charge >= 0.3 is 0 Å². The number of hydrogen-bond acceptors (Lipinski definition) is 1. The highest BCUT2D eigenvalue weighted by Gasteiger charge is 2.16. The lowest BCUT2D eigenvalue weighted by molar-refractivity contribution is 0.447. The van der Waals surface area contributed by atoms with Crippen molar-refractivity contribution in [1.82, 2.24) is 5.32 Å². The summed E-state index contributed by atoms with van der Waals surface area (Å²) in [5.74, 6) is 0.654. The topological polar surface area (TPSA) is 12.0 Å². The van der Waals surface area contributed by atoms with Gasteiger partial charge in [0.1, 0.15) is 0 Å². The summed E-state index contributed by atoms with van der Waals surface area (Å²) in [6.45, 7) is 10.3. The van der Waals surface area contributed by atoms with Crippen LogP contribution < -0.4 is 5.32 Å². The van der Waals surface area contributed by atoms with Crippen molar-refractivity contribution in [3.05, 3.63) is 54.6 Å². The first-order chi connectivity index (χ1) is 8.31. The van der Waals surface area contributed by atoms with Crippen molar-refractivity contribution in [3.63, 3.8) is 0 Å². The van der Waals surface area contributed by atoms with Gasteiger partial charge in [-0.3, -0.25) is 0 Å². The first-order valence-electron chi connectivity index (χ1n) is 6.41. The van der Waals surface area contributed by atoms with Gasteiger partial charge < -0.3 is 5.32 Å². The van der Waals surface area contributed by atoms with Crippen molar-refractivity contribution in [2.75, 3.05) is 13.1 Å². The molecule has 0 aromatic heterocycles. The van der Waals surface area contributed by atoms with Crippen molar-refractivity contribution >= 4 is 5.57 Å². The SMILES string of the molecule is C=CCc1ccc(C(=C)C2CCNCC2)cc1. The van der Waals surface area contributed by atoms with Crippen LogP contribution in [-0.2, 0) is 6.42 Å². The van der Waals surface area contributed by atoms with E-state index in [1.807, 2.05) is 6.08 Å². The van der Waals surface area contributed by atoms with Crippen LogP contribution in [0.5, 0.6) is 0 Å². The monoisotopic (exact) mass is 227 g/mol. The minimum absolute atomic E-state index is 0.654. The number of piperidine rings is 1. The summed E-state index contributed by atoms with van der Waals surface area (Å²) in [5, 5.41) is 3.39. The fourth-order valence-corrected chi connectivity index (χ4v) is 2.43. The number of nitrogens with one attached hydrogen (secondary N) is 1. The molecule has 0 aliphatic carbocycles. The fraction of sp³-hybridized carbons (Fsp3) is 0.375. The molecule has 1 heteroatoms. The van der Waals surface area contributed by atoms with Crippen LogP contribution in [0.1, 0.15) is 24.0 Å². The molecule has 1 heterocycles. The summed E-state index contributed by atoms with van der Waals surface area (Å²) in [4.78, 5) is 0. The highest BCUT2D eigenvalue weighted by molar-refractivity contribution is 5.65. The molecule has 90 valence electrons. The molecule has 1 aromatic rings. The van der Waals surface area contributed by atoms with E-state index in [-0.39, 0.29) is 0 Å². The second kappa shape index (κ2) is 5.83. The minimum atomic E-state index is 0.654. The van der Waals surface area contributed by atoms with Crippen LogP contribution in [0, 0.1) is 5.92 Å². The molecule has 1 aliphatic rings. The van der Waals surface area contributed by atoms with Crippen molar-refractivity contribution in [3.8, 4) is 0 Å². The fourth-order valence-electron chi connectivity index (χ4n) is 2.43. The van der Waals surface area contributed by atoms with Gasteiger partial charge in [0, 0.05) is 0 Å². The molecule has 0 radical (unpaired) electrons. The van der Waals surface area contributed by atoms with E-state index in [0.29, 0.717) is 5.92 Å². The van der Waals surface area contributed by atoms with Gasteiger partial charge in [-0.2, -0.15) is 0 Å². The molecule has 0 bridgehead atoms. The molecule has 1 N–H and O–H groups in total. The predicted octanol–water partition coefficient (Wildman–Crippen LogP) is 3.43. The van der Waals surface area contributed by atoms with Crippen molar-refractivity contribution in [2.45, 2.75) is 19.3 Å². The summed E-state index contributed by atoms with van der Waals surface area (Å²) >= 11 is 0. The molecular weight excluding hydrogens is 206 g/mol. The standard InChI is InChI=1S/C16H21N/c1-3-4-14-5-7-15(8-6-14)13(2)16-9-11-17-12-10-16/h3,5-8,16-17H,1-2,4,9-12H2. The number of benzene rings is 1. The average molecular weight is 227 g/mol. The third-order valence-corrected chi connectivity index (χ3v) is 3.54. The Labute approximate surface area is 104 Å². The molecule has 0 atom stereocenters. The maximum Gasteiger partial charge on any atom is -0.00431 e. The van der Waals surface area contributed by atoms with E-state index in [9.17, 15) is 0 Å². The Bertz CT molecular complexity index is 382. The molecule has 1 fully saturated rings. The summed E-state index contributed by atoms with van der Waals surface area (Å²) in [5.41, 5.74) is 3.92. The molecule has 2 rings (SSSR count). The molecule has 0 saturated carbocycles. The molecule has 1 aliphatic heterocycles. The molecule has 0 amide bonds. The minimum Gasteiger partial charge on any atom is -0.317 e. The first kappa shape index (κ1) is 12.1. The van der Waals surface area contributed by atoms with Gasteiger partial charge in [-0.25, -0.2) is 0 Å². The highest BCUT2D eigenvalue weighted by Crippen LogP contribution is 2.28. The molecule has 17 heavy (non-hydrogen) atoms. The lowest BCUT2D eigenvalue weighted by Crippen LogP contribution is -2.28. The van der Waals surface area contributed by atoms with Gasteiger partial charge in [0.15, 0.2) is 0 Å². The lowest BCUT2D eigenvalue weighted by Gasteiger charge is -2.24. The van der Waals surface area contributed by atoms with E-state index in [2.05, 4.69) is 42.7 Å². The second-order valence-corrected chi connectivity index (χ2v) is 4.74. The Hall–Kier alpha value is -1.34. The maximum absolute atomic E-state index is 4.28. The van der Waals surface area contributed by atoms with Crippen LogP contribution in [0.25, 0.3) is 5.57 Å². The predicted molar refractivity (Wildman–Crippen MR) is 75.0 cm³/mol. The normalized spacial score (nSPS) is 16.7. The van der Waals surface area contributed by atoms with Gasteiger partial charge in [-0.05, 0) is 55.0 Å². The first-order valence-corrected chi connectivity index (χ1v) is 6.41. The lowest BCUT2D eigenvalue weighted by atomic mass is 9.86. The molecule has 0 unspecified atom stereocenters. The average Bonchev–Trinajstić information content (AvgIpc) is 2.40. The van der Waals surface area contributed by atoms with Crippen molar-refractivity contribution in [1.29, 1.82) is 0 Å². The van der Waals surface area contributed by atoms with Crippen LogP contribution >= 0.6 is 0 Å². The highest BCUT2D eigenvalue weighted by atomic mass is 14.9. The third kappa shape index (κ3) is 3.07. The Balaban J connectivity index is 2.05. The summed E-state index contributed by atoms with van der Waals surface area (Å²) in [6, 6.07) is 8.76. The van der Waals surface area contributed by atoms with Crippen LogP contribution in [0.4, 0.5) is 0 Å². The van der Waals surface area contributed by atoms with E-state index in [1.165, 1.54) is 29.5 Å². The van der Waals surface area contributed by atoms with Crippen LogP contribution in [0.15, 0.2) is 43.5 Å². The van der Waals surface area contributed by atoms with E-state index in [1.54, 1.807) is 0 Å². The maximum atomic E-state index is 4.28. The van der Waals surface area contributed by atoms with Gasteiger partial charge in [0.05, 0.1) is 0 Å². The number of rotatable bonds is 4. The second-order valence-electron chi connectivity index (χ2n) is 4.74. The Morgan fingerprint density at radius 3 is 2.47 bits per heavy atom. The van der Waals surface area contributed by atoms with E-state index >= 15 is 0 Å². The van der Waals surface area contributed by atoms with Crippen molar-refractivity contribution in [2.24, 2.45) is 5.92 Å². The van der Waals surface area contributed by atoms with Gasteiger partial charge in [-0.1, -0.05) is 36.9 Å². The van der Waals surface area contributed by atoms with Gasteiger partial charge in [-0.15, -0.1) is 6.58 Å². The zero-order chi connectivity index (χ0) is 12.1. The van der Waals surface area contributed by atoms with Gasteiger partial charge in [0.2, 0.25) is 0 Å². The summed E-state index contributed by atoms with van der Waals surface area (Å²) in [6.07, 6.45) is 5.32. The van der Waals surface area contributed by atoms with E-state index in [0.717, 1.165) is 19.5 Å². The molecule has 0 spiro atoms. The Morgan fingerprint density at radius 2 is 1.88 bits per heavy atom. The number of allylic oxidation sites excluding steroid dienone is 2. The smallest absolute Gasteiger partial charge is 0.00431 e. The molecule has 1 nitrogen and oxygen atoms in total. The Kier molecular flexibility index (Phi) is 4.16. The van der Waals surface area contributed by atoms with E-state index < -0.39 is 0 Å². The Morgan fingerprint density at radius 1 is 1.24 bits per heavy atom. The van der Waals surface area contributed by atoms with E-state index in [4.69, 9.17) is 0 Å². The molecular formula is C16H21N. The largest absolute Gasteiger partial charge is 0.317 e. The quantitative estimate of drug-likeness (QED) is 0.777.